The van der Waals surface area contributed by atoms with E-state index in [1.54, 1.807) is 0 Å². The molecule has 0 aliphatic carbocycles. The molecule has 2 atom stereocenters. The van der Waals surface area contributed by atoms with Crippen molar-refractivity contribution in [3.8, 4) is 0 Å². The number of carbonyl (C=O) groups excluding carboxylic acids is 1. The lowest BCUT2D eigenvalue weighted by Crippen LogP contribution is -2.50. The smallest absolute Gasteiger partial charge is 0.237 e. The Bertz CT molecular complexity index is 265. The maximum absolute atomic E-state index is 12.0. The van der Waals surface area contributed by atoms with Gasteiger partial charge < -0.3 is 20.3 Å². The minimum absolute atomic E-state index is 0.00572. The number of amides is 1. The van der Waals surface area contributed by atoms with Crippen molar-refractivity contribution in [1.29, 1.82) is 0 Å². The van der Waals surface area contributed by atoms with Gasteiger partial charge in [-0.3, -0.25) is 4.79 Å². The third-order valence-corrected chi connectivity index (χ3v) is 3.72. The maximum atomic E-state index is 12.0. The highest BCUT2D eigenvalue weighted by Crippen LogP contribution is 2.08. The SMILES string of the molecule is CN1CCOC(CNC(=O)C2CCCCCN2)C1. The summed E-state index contributed by atoms with van der Waals surface area (Å²) in [6.45, 7) is 4.23. The number of carbonyl (C=O) groups is 1. The number of hydrogen-bond donors (Lipinski definition) is 2. The van der Waals surface area contributed by atoms with Crippen molar-refractivity contribution in [2.45, 2.75) is 37.8 Å². The topological polar surface area (TPSA) is 53.6 Å². The van der Waals surface area contributed by atoms with Crippen LogP contribution in [0.15, 0.2) is 0 Å². The predicted octanol–water partition coefficient (Wildman–Crippen LogP) is -0.0346. The summed E-state index contributed by atoms with van der Waals surface area (Å²) in [4.78, 5) is 14.3. The molecule has 0 aromatic carbocycles. The zero-order valence-corrected chi connectivity index (χ0v) is 11.3. The molecule has 2 heterocycles. The Morgan fingerprint density at radius 2 is 2.33 bits per heavy atom. The van der Waals surface area contributed by atoms with Gasteiger partial charge in [-0.25, -0.2) is 0 Å². The van der Waals surface area contributed by atoms with Crippen molar-refractivity contribution >= 4 is 5.91 Å². The molecule has 0 radical (unpaired) electrons. The first-order valence-corrected chi connectivity index (χ1v) is 7.07. The normalized spacial score (nSPS) is 30.7. The summed E-state index contributed by atoms with van der Waals surface area (Å²) in [5.41, 5.74) is 0. The van der Waals surface area contributed by atoms with Crippen LogP contribution in [0.4, 0.5) is 0 Å². The molecular formula is C13H25N3O2. The van der Waals surface area contributed by atoms with Crippen molar-refractivity contribution in [3.63, 3.8) is 0 Å². The molecule has 0 spiro atoms. The zero-order valence-electron chi connectivity index (χ0n) is 11.3. The number of likely N-dealkylation sites (N-methyl/N-ethyl adjacent to an activating group) is 1. The molecule has 0 aromatic rings. The molecular weight excluding hydrogens is 230 g/mol. The van der Waals surface area contributed by atoms with Gasteiger partial charge >= 0.3 is 0 Å². The fourth-order valence-electron chi connectivity index (χ4n) is 2.58. The molecule has 18 heavy (non-hydrogen) atoms. The monoisotopic (exact) mass is 255 g/mol. The highest BCUT2D eigenvalue weighted by atomic mass is 16.5. The minimum Gasteiger partial charge on any atom is -0.374 e. The van der Waals surface area contributed by atoms with Gasteiger partial charge in [0.1, 0.15) is 0 Å². The molecule has 2 saturated heterocycles. The molecule has 104 valence electrons. The Kier molecular flexibility index (Phi) is 5.41. The Balaban J connectivity index is 1.70. The summed E-state index contributed by atoms with van der Waals surface area (Å²) in [6.07, 6.45) is 4.65. The van der Waals surface area contributed by atoms with E-state index in [4.69, 9.17) is 4.74 Å². The Hall–Kier alpha value is -0.650. The van der Waals surface area contributed by atoms with E-state index >= 15 is 0 Å². The van der Waals surface area contributed by atoms with E-state index < -0.39 is 0 Å². The lowest BCUT2D eigenvalue weighted by atomic mass is 10.1. The number of morpholine rings is 1. The molecule has 2 N–H and O–H groups in total. The van der Waals surface area contributed by atoms with Crippen molar-refractivity contribution < 1.29 is 9.53 Å². The summed E-state index contributed by atoms with van der Waals surface area (Å²) < 4.78 is 5.63. The van der Waals surface area contributed by atoms with E-state index in [-0.39, 0.29) is 18.1 Å². The number of nitrogens with one attached hydrogen (secondary N) is 2. The molecule has 2 fully saturated rings. The molecule has 5 nitrogen and oxygen atoms in total. The lowest BCUT2D eigenvalue weighted by Gasteiger charge is -2.30. The van der Waals surface area contributed by atoms with Gasteiger partial charge in [0.2, 0.25) is 5.91 Å². The summed E-state index contributed by atoms with van der Waals surface area (Å²) >= 11 is 0. The zero-order chi connectivity index (χ0) is 12.8. The van der Waals surface area contributed by atoms with E-state index in [0.29, 0.717) is 6.54 Å². The second-order valence-electron chi connectivity index (χ2n) is 5.36. The van der Waals surface area contributed by atoms with Crippen LogP contribution in [0.25, 0.3) is 0 Å². The summed E-state index contributed by atoms with van der Waals surface area (Å²) in [7, 11) is 2.09. The van der Waals surface area contributed by atoms with E-state index in [2.05, 4.69) is 22.6 Å². The van der Waals surface area contributed by atoms with Gasteiger partial charge in [0.15, 0.2) is 0 Å². The average Bonchev–Trinajstić information content (AvgIpc) is 2.65. The second-order valence-corrected chi connectivity index (χ2v) is 5.36. The van der Waals surface area contributed by atoms with E-state index in [1.807, 2.05) is 0 Å². The molecule has 1 amide bonds. The molecule has 2 aliphatic heterocycles. The number of nitrogens with zero attached hydrogens (tertiary/aromatic N) is 1. The van der Waals surface area contributed by atoms with Crippen LogP contribution in [0.5, 0.6) is 0 Å². The van der Waals surface area contributed by atoms with Gasteiger partial charge in [-0.15, -0.1) is 0 Å². The van der Waals surface area contributed by atoms with Crippen LogP contribution in [0.3, 0.4) is 0 Å². The lowest BCUT2D eigenvalue weighted by molar-refractivity contribution is -0.124. The van der Waals surface area contributed by atoms with Gasteiger partial charge in [-0.2, -0.15) is 0 Å². The molecule has 2 aliphatic rings. The third-order valence-electron chi connectivity index (χ3n) is 3.72. The molecule has 0 saturated carbocycles. The van der Waals surface area contributed by atoms with E-state index in [1.165, 1.54) is 12.8 Å². The van der Waals surface area contributed by atoms with Crippen molar-refractivity contribution in [2.24, 2.45) is 0 Å². The first kappa shape index (κ1) is 13.8. The van der Waals surface area contributed by atoms with E-state index in [0.717, 1.165) is 39.1 Å². The molecule has 2 rings (SSSR count). The minimum atomic E-state index is -0.00572. The predicted molar refractivity (Wildman–Crippen MR) is 70.5 cm³/mol. The first-order chi connectivity index (χ1) is 8.75. The summed E-state index contributed by atoms with van der Waals surface area (Å²) in [6, 6.07) is -0.00572. The molecule has 0 aromatic heterocycles. The van der Waals surface area contributed by atoms with Gasteiger partial charge in [-0.1, -0.05) is 12.8 Å². The van der Waals surface area contributed by atoms with Crippen LogP contribution in [0, 0.1) is 0 Å². The second kappa shape index (κ2) is 7.07. The van der Waals surface area contributed by atoms with E-state index in [9.17, 15) is 4.79 Å². The molecule has 2 unspecified atom stereocenters. The fourth-order valence-corrected chi connectivity index (χ4v) is 2.58. The first-order valence-electron chi connectivity index (χ1n) is 7.07. The largest absolute Gasteiger partial charge is 0.374 e. The van der Waals surface area contributed by atoms with Crippen LogP contribution in [-0.2, 0) is 9.53 Å². The number of hydrogen-bond acceptors (Lipinski definition) is 4. The molecule has 5 heteroatoms. The average molecular weight is 255 g/mol. The van der Waals surface area contributed by atoms with Gasteiger partial charge in [0.05, 0.1) is 18.8 Å². The van der Waals surface area contributed by atoms with Crippen molar-refractivity contribution in [3.05, 3.63) is 0 Å². The van der Waals surface area contributed by atoms with Crippen molar-refractivity contribution in [2.75, 3.05) is 39.8 Å². The Labute approximate surface area is 109 Å². The summed E-state index contributed by atoms with van der Waals surface area (Å²) in [5.74, 6) is 0.133. The van der Waals surface area contributed by atoms with Gasteiger partial charge in [0.25, 0.3) is 0 Å². The standard InChI is InChI=1S/C13H25N3O2/c1-16-7-8-18-11(10-16)9-15-13(17)12-5-3-2-4-6-14-12/h11-12,14H,2-10H2,1H3,(H,15,17). The third kappa shape index (κ3) is 4.23. The van der Waals surface area contributed by atoms with Gasteiger partial charge in [-0.05, 0) is 26.4 Å². The van der Waals surface area contributed by atoms with Crippen LogP contribution in [0.1, 0.15) is 25.7 Å². The number of rotatable bonds is 3. The Morgan fingerprint density at radius 3 is 3.17 bits per heavy atom. The highest BCUT2D eigenvalue weighted by molar-refractivity contribution is 5.81. The number of ether oxygens (including phenoxy) is 1. The van der Waals surface area contributed by atoms with Crippen LogP contribution in [-0.4, -0.2) is 62.8 Å². The highest BCUT2D eigenvalue weighted by Gasteiger charge is 2.22. The Morgan fingerprint density at radius 1 is 1.44 bits per heavy atom. The quantitative estimate of drug-likeness (QED) is 0.743. The van der Waals surface area contributed by atoms with Crippen LogP contribution < -0.4 is 10.6 Å². The fraction of sp³-hybridized carbons (Fsp3) is 0.923. The summed E-state index contributed by atoms with van der Waals surface area (Å²) in [5, 5.41) is 6.33. The van der Waals surface area contributed by atoms with Crippen LogP contribution >= 0.6 is 0 Å². The molecule has 0 bridgehead atoms. The van der Waals surface area contributed by atoms with Crippen LogP contribution in [0.2, 0.25) is 0 Å². The van der Waals surface area contributed by atoms with Crippen molar-refractivity contribution in [1.82, 2.24) is 15.5 Å². The maximum Gasteiger partial charge on any atom is 0.237 e. The van der Waals surface area contributed by atoms with Gasteiger partial charge in [0, 0.05) is 19.6 Å².